The molecule has 0 bridgehead atoms. The number of benzene rings is 2. The van der Waals surface area contributed by atoms with E-state index >= 15 is 0 Å². The van der Waals surface area contributed by atoms with Crippen LogP contribution >= 0.6 is 0 Å². The van der Waals surface area contributed by atoms with Crippen LogP contribution in [-0.4, -0.2) is 85.1 Å². The van der Waals surface area contributed by atoms with Crippen LogP contribution in [0.15, 0.2) is 83.4 Å². The van der Waals surface area contributed by atoms with Crippen LogP contribution in [0.5, 0.6) is 0 Å². The molecule has 3 atom stereocenters. The predicted octanol–water partition coefficient (Wildman–Crippen LogP) is 0.221. The van der Waals surface area contributed by atoms with Crippen LogP contribution in [0, 0.1) is 0 Å². The van der Waals surface area contributed by atoms with Gasteiger partial charge in [-0.15, -0.1) is 0 Å². The minimum absolute atomic E-state index is 0.0273. The molecular weight excluding hydrogens is 578 g/mol. The van der Waals surface area contributed by atoms with Gasteiger partial charge in [0.25, 0.3) is 5.91 Å². The second kappa shape index (κ2) is 12.7. The Morgan fingerprint density at radius 1 is 1.02 bits per heavy atom. The lowest BCUT2D eigenvalue weighted by atomic mass is 10.1. The van der Waals surface area contributed by atoms with E-state index in [1.54, 1.807) is 42.5 Å². The number of rotatable bonds is 9. The molecule has 3 aromatic rings. The van der Waals surface area contributed by atoms with Gasteiger partial charge in [-0.3, -0.25) is 24.2 Å². The quantitative estimate of drug-likeness (QED) is 0.195. The van der Waals surface area contributed by atoms with Crippen molar-refractivity contribution in [2.75, 3.05) is 19.6 Å². The Hall–Kier alpha value is -4.66. The number of nitrogens with one attached hydrogen (secondary N) is 3. The molecule has 14 heteroatoms. The first-order chi connectivity index (χ1) is 20.6. The zero-order valence-electron chi connectivity index (χ0n) is 22.8. The molecule has 3 unspecified atom stereocenters. The van der Waals surface area contributed by atoms with Gasteiger partial charge >= 0.3 is 5.97 Å². The number of aliphatic hydroxyl groups excluding tert-OH is 1. The summed E-state index contributed by atoms with van der Waals surface area (Å²) in [6.45, 7) is -0.763. The Balaban J connectivity index is 1.35. The minimum atomic E-state index is -3.87. The molecule has 2 aliphatic heterocycles. The number of aromatic nitrogens is 1. The number of carbonyl (C=O) groups is 4. The number of fused-ring (bicyclic) bond motifs is 1. The largest absolute Gasteiger partial charge is 0.434 e. The number of esters is 1. The molecule has 3 heterocycles. The molecule has 43 heavy (non-hydrogen) atoms. The molecule has 3 amide bonds. The minimum Gasteiger partial charge on any atom is -0.434 e. The Labute approximate surface area is 247 Å². The highest BCUT2D eigenvalue weighted by Gasteiger charge is 2.36. The van der Waals surface area contributed by atoms with Crippen molar-refractivity contribution in [3.8, 4) is 0 Å². The molecule has 1 fully saturated rings. The highest BCUT2D eigenvalue weighted by Crippen LogP contribution is 2.19. The van der Waals surface area contributed by atoms with Crippen LogP contribution in [0.25, 0.3) is 10.8 Å². The maximum Gasteiger partial charge on any atom is 0.310 e. The number of sulfonamides is 1. The van der Waals surface area contributed by atoms with Crippen molar-refractivity contribution in [3.05, 3.63) is 84.2 Å². The van der Waals surface area contributed by atoms with Crippen molar-refractivity contribution < 1.29 is 37.4 Å². The average molecular weight is 608 g/mol. The number of hydrogen-bond donors (Lipinski definition) is 4. The highest BCUT2D eigenvalue weighted by atomic mass is 32.2. The van der Waals surface area contributed by atoms with Gasteiger partial charge in [-0.05, 0) is 35.6 Å². The van der Waals surface area contributed by atoms with Crippen molar-refractivity contribution in [3.63, 3.8) is 0 Å². The van der Waals surface area contributed by atoms with Crippen LogP contribution < -0.4 is 15.4 Å². The molecule has 0 spiro atoms. The standard InChI is InChI=1S/C29H29N5O8S/c35-24(32-23-14-25(36)42-29(23)39)17-34-16-18(15-31-43(40,41)20-7-2-1-3-8-20)10-11-22(28(34)38)33-27(37)26-21-9-5-4-6-19(21)12-13-30-26/h1-10,12-13,22-23,29,31,39H,11,14-17H2,(H,32,35)(H,33,37). The lowest BCUT2D eigenvalue weighted by Gasteiger charge is -2.26. The van der Waals surface area contributed by atoms with E-state index in [0.717, 1.165) is 5.39 Å². The summed E-state index contributed by atoms with van der Waals surface area (Å²) in [6.07, 6.45) is 1.42. The summed E-state index contributed by atoms with van der Waals surface area (Å²) in [5, 5.41) is 16.4. The zero-order chi connectivity index (χ0) is 30.6. The summed E-state index contributed by atoms with van der Waals surface area (Å²) in [5.41, 5.74) is 0.610. The number of ether oxygens (including phenoxy) is 1. The van der Waals surface area contributed by atoms with Crippen LogP contribution in [-0.2, 0) is 29.1 Å². The van der Waals surface area contributed by atoms with Gasteiger partial charge in [-0.1, -0.05) is 48.5 Å². The molecule has 0 radical (unpaired) electrons. The van der Waals surface area contributed by atoms with Crippen molar-refractivity contribution in [1.29, 1.82) is 0 Å². The topological polar surface area (TPSA) is 184 Å². The van der Waals surface area contributed by atoms with Gasteiger partial charge in [-0.25, -0.2) is 13.1 Å². The van der Waals surface area contributed by atoms with E-state index in [0.29, 0.717) is 11.0 Å². The predicted molar refractivity (Wildman–Crippen MR) is 153 cm³/mol. The number of aliphatic hydroxyl groups is 1. The Morgan fingerprint density at radius 2 is 1.77 bits per heavy atom. The summed E-state index contributed by atoms with van der Waals surface area (Å²) in [6, 6.07) is 14.6. The lowest BCUT2D eigenvalue weighted by molar-refractivity contribution is -0.155. The van der Waals surface area contributed by atoms with Crippen molar-refractivity contribution in [2.45, 2.75) is 36.1 Å². The molecule has 1 saturated heterocycles. The maximum atomic E-state index is 13.6. The van der Waals surface area contributed by atoms with Crippen LogP contribution in [0.3, 0.4) is 0 Å². The Morgan fingerprint density at radius 3 is 2.51 bits per heavy atom. The first-order valence-electron chi connectivity index (χ1n) is 13.4. The average Bonchev–Trinajstić information content (AvgIpc) is 3.24. The van der Waals surface area contributed by atoms with Gasteiger partial charge in [0.1, 0.15) is 17.8 Å². The number of hydrogen-bond acceptors (Lipinski definition) is 9. The lowest BCUT2D eigenvalue weighted by Crippen LogP contribution is -2.52. The Bertz CT molecular complexity index is 1690. The monoisotopic (exact) mass is 607 g/mol. The van der Waals surface area contributed by atoms with Crippen molar-refractivity contribution in [1.82, 2.24) is 25.2 Å². The maximum absolute atomic E-state index is 13.6. The molecule has 2 aliphatic rings. The van der Waals surface area contributed by atoms with E-state index in [1.807, 2.05) is 12.1 Å². The van der Waals surface area contributed by atoms with Gasteiger partial charge < -0.3 is 25.4 Å². The summed E-state index contributed by atoms with van der Waals surface area (Å²) >= 11 is 0. The van der Waals surface area contributed by atoms with Crippen molar-refractivity contribution in [2.24, 2.45) is 0 Å². The molecule has 0 saturated carbocycles. The SMILES string of the molecule is O=C(CN1CC(CNS(=O)(=O)c2ccccc2)=CCC(NC(=O)c2nccc3ccccc23)C1=O)NC1CC(=O)OC1O. The van der Waals surface area contributed by atoms with Crippen LogP contribution in [0.4, 0.5) is 0 Å². The molecular formula is C29H29N5O8S. The molecule has 4 N–H and O–H groups in total. The normalized spacial score (nSPS) is 20.7. The van der Waals surface area contributed by atoms with E-state index < -0.39 is 58.6 Å². The molecule has 2 aromatic carbocycles. The zero-order valence-corrected chi connectivity index (χ0v) is 23.6. The third kappa shape index (κ3) is 7.05. The van der Waals surface area contributed by atoms with Crippen LogP contribution in [0.2, 0.25) is 0 Å². The second-order valence-corrected chi connectivity index (χ2v) is 11.9. The fourth-order valence-corrected chi connectivity index (χ4v) is 5.92. The first-order valence-corrected chi connectivity index (χ1v) is 14.9. The highest BCUT2D eigenvalue weighted by molar-refractivity contribution is 7.89. The fraction of sp³-hybridized carbons (Fsp3) is 0.276. The smallest absolute Gasteiger partial charge is 0.310 e. The van der Waals surface area contributed by atoms with Gasteiger partial charge in [-0.2, -0.15) is 0 Å². The molecule has 1 aromatic heterocycles. The third-order valence-corrected chi connectivity index (χ3v) is 8.46. The molecule has 224 valence electrons. The molecule has 5 rings (SSSR count). The van der Waals surface area contributed by atoms with Crippen molar-refractivity contribution >= 4 is 44.5 Å². The van der Waals surface area contributed by atoms with Gasteiger partial charge in [0.05, 0.1) is 17.9 Å². The van der Waals surface area contributed by atoms with Gasteiger partial charge in [0.2, 0.25) is 28.1 Å². The number of amides is 3. The molecule has 0 aliphatic carbocycles. The van der Waals surface area contributed by atoms with E-state index in [1.165, 1.54) is 23.2 Å². The number of cyclic esters (lactones) is 1. The summed E-state index contributed by atoms with van der Waals surface area (Å²) in [5.74, 6) is -2.53. The summed E-state index contributed by atoms with van der Waals surface area (Å²) in [7, 11) is -3.87. The van der Waals surface area contributed by atoms with E-state index in [4.69, 9.17) is 0 Å². The summed E-state index contributed by atoms with van der Waals surface area (Å²) in [4.78, 5) is 56.7. The molecule has 13 nitrogen and oxygen atoms in total. The third-order valence-electron chi connectivity index (χ3n) is 7.05. The van der Waals surface area contributed by atoms with E-state index in [9.17, 15) is 32.7 Å². The number of carbonyl (C=O) groups excluding carboxylic acids is 4. The number of nitrogens with zero attached hydrogens (tertiary/aromatic N) is 2. The van der Waals surface area contributed by atoms with Gasteiger partial charge in [0.15, 0.2) is 0 Å². The van der Waals surface area contributed by atoms with Crippen LogP contribution in [0.1, 0.15) is 23.3 Å². The summed E-state index contributed by atoms with van der Waals surface area (Å²) < 4.78 is 32.8. The second-order valence-electron chi connectivity index (χ2n) is 10.1. The fourth-order valence-electron chi connectivity index (χ4n) is 4.87. The Kier molecular flexibility index (Phi) is 8.80. The number of pyridine rings is 1. The van der Waals surface area contributed by atoms with E-state index in [2.05, 4.69) is 25.1 Å². The van der Waals surface area contributed by atoms with E-state index in [-0.39, 0.29) is 36.5 Å². The van der Waals surface area contributed by atoms with Gasteiger partial charge in [0, 0.05) is 24.7 Å². The first kappa shape index (κ1) is 29.8.